The van der Waals surface area contributed by atoms with Gasteiger partial charge in [-0.2, -0.15) is 0 Å². The van der Waals surface area contributed by atoms with Gasteiger partial charge in [0.05, 0.1) is 5.41 Å². The highest BCUT2D eigenvalue weighted by atomic mass is 16.1. The fourth-order valence-electron chi connectivity index (χ4n) is 3.38. The Labute approximate surface area is 110 Å². The molecule has 2 rings (SSSR count). The third-order valence-corrected chi connectivity index (χ3v) is 4.42. The second-order valence-corrected chi connectivity index (χ2v) is 5.53. The van der Waals surface area contributed by atoms with Crippen LogP contribution in [0, 0.1) is 5.92 Å². The van der Waals surface area contributed by atoms with Gasteiger partial charge in [0.25, 0.3) is 0 Å². The van der Waals surface area contributed by atoms with E-state index < -0.39 is 0 Å². The molecule has 0 radical (unpaired) electrons. The van der Waals surface area contributed by atoms with Crippen LogP contribution >= 0.6 is 0 Å². The van der Waals surface area contributed by atoms with Crippen molar-refractivity contribution in [1.82, 2.24) is 4.90 Å². The number of nitrogens with zero attached hydrogens (tertiary/aromatic N) is 1. The maximum absolute atomic E-state index is 12.6. The molecule has 0 N–H and O–H groups in total. The number of rotatable bonds is 3. The average Bonchev–Trinajstić information content (AvgIpc) is 2.39. The first-order valence-corrected chi connectivity index (χ1v) is 6.88. The lowest BCUT2D eigenvalue weighted by Gasteiger charge is -2.45. The van der Waals surface area contributed by atoms with Gasteiger partial charge in [0.15, 0.2) is 0 Å². The summed E-state index contributed by atoms with van der Waals surface area (Å²) in [5, 5.41) is 0. The lowest BCUT2D eigenvalue weighted by molar-refractivity contribution is -0.128. The Balaban J connectivity index is 2.45. The highest BCUT2D eigenvalue weighted by Gasteiger charge is 2.45. The zero-order chi connectivity index (χ0) is 13.2. The van der Waals surface area contributed by atoms with Gasteiger partial charge in [-0.1, -0.05) is 44.2 Å². The van der Waals surface area contributed by atoms with Crippen LogP contribution in [0.4, 0.5) is 0 Å². The minimum atomic E-state index is -0.261. The lowest BCUT2D eigenvalue weighted by Crippen LogP contribution is -2.52. The van der Waals surface area contributed by atoms with E-state index in [1.54, 1.807) is 0 Å². The molecule has 1 aliphatic heterocycles. The van der Waals surface area contributed by atoms with Crippen LogP contribution in [0.2, 0.25) is 0 Å². The first kappa shape index (κ1) is 13.3. The van der Waals surface area contributed by atoms with Crippen LogP contribution < -0.4 is 0 Å². The molecule has 0 bridgehead atoms. The summed E-state index contributed by atoms with van der Waals surface area (Å²) in [6, 6.07) is 10.4. The van der Waals surface area contributed by atoms with Gasteiger partial charge in [-0.25, -0.2) is 0 Å². The predicted octanol–water partition coefficient (Wildman–Crippen LogP) is 2.88. The highest BCUT2D eigenvalue weighted by molar-refractivity contribution is 5.90. The first-order chi connectivity index (χ1) is 8.61. The van der Waals surface area contributed by atoms with Gasteiger partial charge in [-0.15, -0.1) is 0 Å². The first-order valence-electron chi connectivity index (χ1n) is 6.88. The Bertz CT molecular complexity index is 414. The van der Waals surface area contributed by atoms with Crippen molar-refractivity contribution in [3.63, 3.8) is 0 Å². The molecule has 1 aliphatic rings. The van der Waals surface area contributed by atoms with E-state index in [2.05, 4.69) is 31.0 Å². The topological polar surface area (TPSA) is 20.3 Å². The number of benzene rings is 1. The Morgan fingerprint density at radius 1 is 1.39 bits per heavy atom. The molecule has 1 saturated heterocycles. The average molecular weight is 245 g/mol. The smallest absolute Gasteiger partial charge is 0.143 e. The summed E-state index contributed by atoms with van der Waals surface area (Å²) in [5.74, 6) is 0.778. The molecule has 1 fully saturated rings. The SMILES string of the molecule is CCC(=O)[C@]1(c2ccccc2)CCN(C)C[C@@H]1C. The molecule has 0 saturated carbocycles. The number of carbonyl (C=O) groups is 1. The van der Waals surface area contributed by atoms with Crippen LogP contribution in [0.5, 0.6) is 0 Å². The van der Waals surface area contributed by atoms with Crippen molar-refractivity contribution in [2.45, 2.75) is 32.1 Å². The number of carbonyl (C=O) groups excluding carboxylic acids is 1. The van der Waals surface area contributed by atoms with E-state index in [1.807, 2.05) is 25.1 Å². The molecule has 1 aromatic rings. The van der Waals surface area contributed by atoms with Crippen molar-refractivity contribution in [3.05, 3.63) is 35.9 Å². The summed E-state index contributed by atoms with van der Waals surface area (Å²) >= 11 is 0. The second kappa shape index (κ2) is 5.23. The highest BCUT2D eigenvalue weighted by Crippen LogP contribution is 2.41. The summed E-state index contributed by atoms with van der Waals surface area (Å²) in [6.45, 7) is 6.21. The van der Waals surface area contributed by atoms with Gasteiger partial charge in [0, 0.05) is 13.0 Å². The number of ketones is 1. The van der Waals surface area contributed by atoms with E-state index in [4.69, 9.17) is 0 Å². The van der Waals surface area contributed by atoms with Crippen molar-refractivity contribution in [1.29, 1.82) is 0 Å². The zero-order valence-electron chi connectivity index (χ0n) is 11.6. The Morgan fingerprint density at radius 2 is 2.06 bits per heavy atom. The van der Waals surface area contributed by atoms with E-state index in [-0.39, 0.29) is 5.41 Å². The van der Waals surface area contributed by atoms with E-state index in [0.29, 0.717) is 18.1 Å². The largest absolute Gasteiger partial charge is 0.306 e. The summed E-state index contributed by atoms with van der Waals surface area (Å²) < 4.78 is 0. The molecule has 98 valence electrons. The fourth-order valence-corrected chi connectivity index (χ4v) is 3.38. The monoisotopic (exact) mass is 245 g/mol. The van der Waals surface area contributed by atoms with Crippen LogP contribution in [-0.4, -0.2) is 30.8 Å². The van der Waals surface area contributed by atoms with Crippen LogP contribution in [0.3, 0.4) is 0 Å². The van der Waals surface area contributed by atoms with Crippen LogP contribution in [-0.2, 0) is 10.2 Å². The van der Waals surface area contributed by atoms with Crippen molar-refractivity contribution >= 4 is 5.78 Å². The molecule has 0 amide bonds. The normalized spacial score (nSPS) is 29.2. The fraction of sp³-hybridized carbons (Fsp3) is 0.562. The standard InChI is InChI=1S/C16H23NO/c1-4-15(18)16(14-8-6-5-7-9-14)10-11-17(3)12-13(16)2/h5-9,13H,4,10-12H2,1-3H3/t13-,16+/m0/s1. The van der Waals surface area contributed by atoms with Crippen molar-refractivity contribution < 1.29 is 4.79 Å². The van der Waals surface area contributed by atoms with E-state index in [1.165, 1.54) is 5.56 Å². The Morgan fingerprint density at radius 3 is 2.61 bits per heavy atom. The van der Waals surface area contributed by atoms with Gasteiger partial charge in [0.1, 0.15) is 5.78 Å². The predicted molar refractivity (Wildman–Crippen MR) is 74.7 cm³/mol. The molecule has 0 unspecified atom stereocenters. The molecule has 0 aromatic heterocycles. The van der Waals surface area contributed by atoms with Gasteiger partial charge >= 0.3 is 0 Å². The molecule has 2 atom stereocenters. The maximum Gasteiger partial charge on any atom is 0.143 e. The van der Waals surface area contributed by atoms with Crippen molar-refractivity contribution in [2.24, 2.45) is 5.92 Å². The molecular weight excluding hydrogens is 222 g/mol. The molecule has 18 heavy (non-hydrogen) atoms. The summed E-state index contributed by atoms with van der Waals surface area (Å²) in [5.41, 5.74) is 0.945. The summed E-state index contributed by atoms with van der Waals surface area (Å²) in [7, 11) is 2.14. The third kappa shape index (κ3) is 2.10. The van der Waals surface area contributed by atoms with E-state index >= 15 is 0 Å². The number of hydrogen-bond donors (Lipinski definition) is 0. The van der Waals surface area contributed by atoms with Crippen LogP contribution in [0.1, 0.15) is 32.3 Å². The molecule has 2 nitrogen and oxygen atoms in total. The molecule has 0 spiro atoms. The maximum atomic E-state index is 12.6. The molecule has 1 aromatic carbocycles. The minimum absolute atomic E-state index is 0.261. The quantitative estimate of drug-likeness (QED) is 0.816. The number of piperidine rings is 1. The third-order valence-electron chi connectivity index (χ3n) is 4.42. The van der Waals surface area contributed by atoms with Crippen LogP contribution in [0.15, 0.2) is 30.3 Å². The van der Waals surface area contributed by atoms with Gasteiger partial charge in [-0.3, -0.25) is 4.79 Å². The van der Waals surface area contributed by atoms with Crippen molar-refractivity contribution in [3.8, 4) is 0 Å². The lowest BCUT2D eigenvalue weighted by atomic mass is 9.63. The van der Waals surface area contributed by atoms with Gasteiger partial charge in [-0.05, 0) is 31.5 Å². The van der Waals surface area contributed by atoms with E-state index in [0.717, 1.165) is 19.5 Å². The van der Waals surface area contributed by atoms with Crippen molar-refractivity contribution in [2.75, 3.05) is 20.1 Å². The molecule has 2 heteroatoms. The van der Waals surface area contributed by atoms with Gasteiger partial charge in [0.2, 0.25) is 0 Å². The summed E-state index contributed by atoms with van der Waals surface area (Å²) in [4.78, 5) is 14.9. The molecule has 0 aliphatic carbocycles. The second-order valence-electron chi connectivity index (χ2n) is 5.53. The van der Waals surface area contributed by atoms with Crippen LogP contribution in [0.25, 0.3) is 0 Å². The molecule has 1 heterocycles. The van der Waals surface area contributed by atoms with Gasteiger partial charge < -0.3 is 4.90 Å². The van der Waals surface area contributed by atoms with E-state index in [9.17, 15) is 4.79 Å². The number of likely N-dealkylation sites (tertiary alicyclic amines) is 1. The minimum Gasteiger partial charge on any atom is -0.306 e. The number of hydrogen-bond acceptors (Lipinski definition) is 2. The Kier molecular flexibility index (Phi) is 3.86. The molecular formula is C16H23NO. The zero-order valence-corrected chi connectivity index (χ0v) is 11.6. The Hall–Kier alpha value is -1.15. The number of Topliss-reactive ketones (excluding diaryl/α,β-unsaturated/α-hetero) is 1. The summed E-state index contributed by atoms with van der Waals surface area (Å²) in [6.07, 6.45) is 1.57.